The van der Waals surface area contributed by atoms with Gasteiger partial charge in [-0.25, -0.2) is 0 Å². The third-order valence-corrected chi connectivity index (χ3v) is 4.90. The van der Waals surface area contributed by atoms with Crippen molar-refractivity contribution >= 4 is 23.5 Å². The van der Waals surface area contributed by atoms with Crippen LogP contribution in [0.25, 0.3) is 0 Å². The maximum atomic E-state index is 2.26. The van der Waals surface area contributed by atoms with Crippen molar-refractivity contribution in [2.24, 2.45) is 0 Å². The van der Waals surface area contributed by atoms with Gasteiger partial charge in [0.2, 0.25) is 0 Å². The molecule has 0 unspecified atom stereocenters. The fraction of sp³-hybridized carbons (Fsp3) is 0.400. The van der Waals surface area contributed by atoms with Gasteiger partial charge in [-0.15, -0.1) is 23.5 Å². The van der Waals surface area contributed by atoms with Crippen molar-refractivity contribution in [3.8, 4) is 0 Å². The zero-order valence-corrected chi connectivity index (χ0v) is 9.02. The molecule has 0 spiro atoms. The summed E-state index contributed by atoms with van der Waals surface area (Å²) in [5.41, 5.74) is 2.90. The second kappa shape index (κ2) is 3.35. The van der Waals surface area contributed by atoms with Crippen LogP contribution < -0.4 is 0 Å². The molecular formula is C10H12S2. The van der Waals surface area contributed by atoms with Crippen molar-refractivity contribution in [1.82, 2.24) is 0 Å². The number of rotatable bonds is 0. The van der Waals surface area contributed by atoms with Gasteiger partial charge in [-0.2, -0.15) is 0 Å². The highest BCUT2D eigenvalue weighted by Crippen LogP contribution is 2.39. The Balaban J connectivity index is 2.54. The molecule has 64 valence electrons. The van der Waals surface area contributed by atoms with Gasteiger partial charge < -0.3 is 0 Å². The maximum absolute atomic E-state index is 2.26. The van der Waals surface area contributed by atoms with Crippen LogP contribution in [0.15, 0.2) is 21.9 Å². The Morgan fingerprint density at radius 2 is 1.83 bits per heavy atom. The number of fused-ring (bicyclic) bond motifs is 1. The molecule has 0 saturated heterocycles. The van der Waals surface area contributed by atoms with Crippen LogP contribution in [0.3, 0.4) is 0 Å². The Morgan fingerprint density at radius 1 is 1.08 bits per heavy atom. The molecule has 0 saturated carbocycles. The minimum atomic E-state index is 1.26. The van der Waals surface area contributed by atoms with Crippen molar-refractivity contribution in [2.45, 2.75) is 23.6 Å². The summed E-state index contributed by atoms with van der Waals surface area (Å²) in [6.45, 7) is 4.42. The van der Waals surface area contributed by atoms with Crippen LogP contribution in [0.5, 0.6) is 0 Å². The fourth-order valence-electron chi connectivity index (χ4n) is 1.35. The summed E-state index contributed by atoms with van der Waals surface area (Å²) in [7, 11) is 0. The largest absolute Gasteiger partial charge is 0.124 e. The second-order valence-corrected chi connectivity index (χ2v) is 5.27. The zero-order valence-electron chi connectivity index (χ0n) is 7.39. The first-order valence-electron chi connectivity index (χ1n) is 4.15. The van der Waals surface area contributed by atoms with Crippen molar-refractivity contribution in [1.29, 1.82) is 0 Å². The lowest BCUT2D eigenvalue weighted by molar-refractivity contribution is 1.12. The molecule has 12 heavy (non-hydrogen) atoms. The van der Waals surface area contributed by atoms with E-state index in [1.165, 1.54) is 32.4 Å². The van der Waals surface area contributed by atoms with Gasteiger partial charge in [-0.05, 0) is 31.0 Å². The highest BCUT2D eigenvalue weighted by Gasteiger charge is 2.12. The van der Waals surface area contributed by atoms with Crippen LogP contribution in [0.1, 0.15) is 11.1 Å². The van der Waals surface area contributed by atoms with Crippen molar-refractivity contribution in [2.75, 3.05) is 11.5 Å². The van der Waals surface area contributed by atoms with Crippen molar-refractivity contribution < 1.29 is 0 Å². The number of thioether (sulfide) groups is 2. The first-order valence-corrected chi connectivity index (χ1v) is 6.12. The van der Waals surface area contributed by atoms with Gasteiger partial charge in [0.05, 0.1) is 0 Å². The monoisotopic (exact) mass is 196 g/mol. The van der Waals surface area contributed by atoms with Gasteiger partial charge in [0, 0.05) is 21.3 Å². The molecular weight excluding hydrogens is 184 g/mol. The smallest absolute Gasteiger partial charge is 0.0240 e. The van der Waals surface area contributed by atoms with E-state index in [1.54, 1.807) is 0 Å². The molecule has 1 aliphatic heterocycles. The molecule has 1 heterocycles. The SMILES string of the molecule is Cc1ccc2c(c1C)SCCS2. The lowest BCUT2D eigenvalue weighted by Crippen LogP contribution is -1.97. The summed E-state index contributed by atoms with van der Waals surface area (Å²) in [4.78, 5) is 3.00. The molecule has 0 radical (unpaired) electrons. The van der Waals surface area contributed by atoms with E-state index in [9.17, 15) is 0 Å². The summed E-state index contributed by atoms with van der Waals surface area (Å²) < 4.78 is 0. The molecule has 1 aromatic carbocycles. The first kappa shape index (κ1) is 8.52. The minimum Gasteiger partial charge on any atom is -0.124 e. The molecule has 0 amide bonds. The summed E-state index contributed by atoms with van der Waals surface area (Å²) in [6, 6.07) is 4.49. The quantitative estimate of drug-likeness (QED) is 0.623. The van der Waals surface area contributed by atoms with Crippen LogP contribution in [0, 0.1) is 13.8 Å². The summed E-state index contributed by atoms with van der Waals surface area (Å²) in [5.74, 6) is 2.53. The van der Waals surface area contributed by atoms with E-state index in [0.29, 0.717) is 0 Å². The molecule has 0 bridgehead atoms. The lowest BCUT2D eigenvalue weighted by Gasteiger charge is -2.17. The Kier molecular flexibility index (Phi) is 2.37. The predicted octanol–water partition coefficient (Wildman–Crippen LogP) is 3.50. The van der Waals surface area contributed by atoms with E-state index in [0.717, 1.165) is 0 Å². The average molecular weight is 196 g/mol. The topological polar surface area (TPSA) is 0 Å². The van der Waals surface area contributed by atoms with E-state index in [1.807, 2.05) is 23.5 Å². The normalized spacial score (nSPS) is 15.8. The van der Waals surface area contributed by atoms with Crippen molar-refractivity contribution in [3.05, 3.63) is 23.3 Å². The van der Waals surface area contributed by atoms with Gasteiger partial charge in [0.25, 0.3) is 0 Å². The zero-order chi connectivity index (χ0) is 8.55. The first-order chi connectivity index (χ1) is 5.79. The van der Waals surface area contributed by atoms with Gasteiger partial charge in [-0.1, -0.05) is 6.07 Å². The summed E-state index contributed by atoms with van der Waals surface area (Å²) >= 11 is 4.00. The highest BCUT2D eigenvalue weighted by atomic mass is 32.2. The Bertz CT molecular complexity index is 305. The molecule has 0 nitrogen and oxygen atoms in total. The van der Waals surface area contributed by atoms with Crippen LogP contribution in [-0.4, -0.2) is 11.5 Å². The van der Waals surface area contributed by atoms with E-state index >= 15 is 0 Å². The lowest BCUT2D eigenvalue weighted by atomic mass is 10.1. The molecule has 2 heteroatoms. The molecule has 0 atom stereocenters. The highest BCUT2D eigenvalue weighted by molar-refractivity contribution is 8.05. The average Bonchev–Trinajstić information content (AvgIpc) is 2.12. The van der Waals surface area contributed by atoms with Crippen LogP contribution >= 0.6 is 23.5 Å². The second-order valence-electron chi connectivity index (χ2n) is 3.03. The Labute approximate surface area is 82.1 Å². The molecule has 1 aliphatic rings. The molecule has 0 aliphatic carbocycles. The number of benzene rings is 1. The van der Waals surface area contributed by atoms with Crippen LogP contribution in [-0.2, 0) is 0 Å². The molecule has 2 rings (SSSR count). The summed E-state index contributed by atoms with van der Waals surface area (Å²) in [6.07, 6.45) is 0. The fourth-order valence-corrected chi connectivity index (χ4v) is 3.83. The van der Waals surface area contributed by atoms with Crippen LogP contribution in [0.4, 0.5) is 0 Å². The molecule has 0 fully saturated rings. The van der Waals surface area contributed by atoms with E-state index in [2.05, 4.69) is 26.0 Å². The number of hydrogen-bond donors (Lipinski definition) is 0. The maximum Gasteiger partial charge on any atom is 0.0240 e. The molecule has 1 aromatic rings. The Hall–Kier alpha value is -0.0800. The van der Waals surface area contributed by atoms with Gasteiger partial charge >= 0.3 is 0 Å². The number of aryl methyl sites for hydroxylation is 1. The third-order valence-electron chi connectivity index (χ3n) is 2.23. The standard InChI is InChI=1S/C10H12S2/c1-7-3-4-9-10(8(7)2)12-6-5-11-9/h3-4H,5-6H2,1-2H3. The minimum absolute atomic E-state index is 1.26. The van der Waals surface area contributed by atoms with Gasteiger partial charge in [-0.3, -0.25) is 0 Å². The van der Waals surface area contributed by atoms with Crippen LogP contribution in [0.2, 0.25) is 0 Å². The van der Waals surface area contributed by atoms with Crippen molar-refractivity contribution in [3.63, 3.8) is 0 Å². The third kappa shape index (κ3) is 1.38. The number of hydrogen-bond acceptors (Lipinski definition) is 2. The van der Waals surface area contributed by atoms with E-state index < -0.39 is 0 Å². The van der Waals surface area contributed by atoms with E-state index in [4.69, 9.17) is 0 Å². The molecule has 0 aromatic heterocycles. The predicted molar refractivity (Wildman–Crippen MR) is 57.4 cm³/mol. The Morgan fingerprint density at radius 3 is 2.67 bits per heavy atom. The summed E-state index contributed by atoms with van der Waals surface area (Å²) in [5, 5.41) is 0. The van der Waals surface area contributed by atoms with E-state index in [-0.39, 0.29) is 0 Å². The molecule has 0 N–H and O–H groups in total. The van der Waals surface area contributed by atoms with Gasteiger partial charge in [0.15, 0.2) is 0 Å². The van der Waals surface area contributed by atoms with Gasteiger partial charge in [0.1, 0.15) is 0 Å².